The number of carbonyl (C=O) groups is 1. The minimum absolute atomic E-state index is 0.0861. The van der Waals surface area contributed by atoms with E-state index in [-0.39, 0.29) is 32.8 Å². The average molecular weight is 450 g/mol. The van der Waals surface area contributed by atoms with Gasteiger partial charge in [-0.25, -0.2) is 0 Å². The number of benzene rings is 3. The van der Waals surface area contributed by atoms with E-state index < -0.39 is 0 Å². The van der Waals surface area contributed by atoms with Crippen LogP contribution in [-0.4, -0.2) is 24.7 Å². The molecular formula is C26H26O7. The highest BCUT2D eigenvalue weighted by molar-refractivity contribution is 6.05. The fraction of sp³-hybridized carbons (Fsp3) is 0.346. The van der Waals surface area contributed by atoms with Crippen LogP contribution in [0.25, 0.3) is 21.9 Å². The predicted molar refractivity (Wildman–Crippen MR) is 121 cm³/mol. The van der Waals surface area contributed by atoms with Gasteiger partial charge in [-0.3, -0.25) is 4.79 Å². The summed E-state index contributed by atoms with van der Waals surface area (Å²) in [6.45, 7) is 2.26. The molecule has 7 heteroatoms. The van der Waals surface area contributed by atoms with Gasteiger partial charge in [0.05, 0.1) is 6.61 Å². The van der Waals surface area contributed by atoms with Gasteiger partial charge in [-0.15, -0.1) is 0 Å². The standard InChI is InChI=1S/C26H26O7/c1-2-3-4-5-23(28)29-13-18-10-16-7-9-21-26(33-15-31-21)25(16)24(19(18)12-27)17-6-8-20-22(11-17)32-14-30-20/h6-11,27H,2-5,12-15H2,1H3. The smallest absolute Gasteiger partial charge is 0.306 e. The molecule has 0 radical (unpaired) electrons. The van der Waals surface area contributed by atoms with E-state index in [1.165, 1.54) is 0 Å². The topological polar surface area (TPSA) is 83.5 Å². The van der Waals surface area contributed by atoms with Crippen LogP contribution in [0.15, 0.2) is 36.4 Å². The van der Waals surface area contributed by atoms with Gasteiger partial charge in [0, 0.05) is 11.8 Å². The molecule has 0 unspecified atom stereocenters. The second-order valence-electron chi connectivity index (χ2n) is 8.13. The van der Waals surface area contributed by atoms with Gasteiger partial charge >= 0.3 is 5.97 Å². The lowest BCUT2D eigenvalue weighted by molar-refractivity contribution is -0.145. The Hall–Kier alpha value is -3.45. The van der Waals surface area contributed by atoms with Crippen LogP contribution in [0.4, 0.5) is 0 Å². The molecule has 33 heavy (non-hydrogen) atoms. The fourth-order valence-electron chi connectivity index (χ4n) is 4.38. The zero-order chi connectivity index (χ0) is 22.8. The number of aliphatic hydroxyl groups is 1. The molecule has 0 spiro atoms. The summed E-state index contributed by atoms with van der Waals surface area (Å²) in [6, 6.07) is 11.4. The minimum Gasteiger partial charge on any atom is -0.461 e. The summed E-state index contributed by atoms with van der Waals surface area (Å²) in [4.78, 5) is 12.2. The number of hydrogen-bond acceptors (Lipinski definition) is 7. The van der Waals surface area contributed by atoms with Crippen LogP contribution in [0.5, 0.6) is 23.0 Å². The van der Waals surface area contributed by atoms with Crippen LogP contribution in [0.2, 0.25) is 0 Å². The Morgan fingerprint density at radius 1 is 0.970 bits per heavy atom. The molecule has 5 rings (SSSR count). The molecule has 3 aromatic rings. The Morgan fingerprint density at radius 2 is 1.76 bits per heavy atom. The highest BCUT2D eigenvalue weighted by Gasteiger charge is 2.25. The first-order valence-corrected chi connectivity index (χ1v) is 11.2. The number of ether oxygens (including phenoxy) is 5. The van der Waals surface area contributed by atoms with Crippen LogP contribution in [0.1, 0.15) is 43.7 Å². The van der Waals surface area contributed by atoms with Crippen LogP contribution >= 0.6 is 0 Å². The SMILES string of the molecule is CCCCCC(=O)OCc1cc2ccc3c(c2c(-c2ccc4c(c2)OCO4)c1CO)OCO3. The van der Waals surface area contributed by atoms with E-state index in [1.807, 2.05) is 36.4 Å². The molecule has 0 bridgehead atoms. The molecule has 0 saturated carbocycles. The van der Waals surface area contributed by atoms with Gasteiger partial charge in [0.2, 0.25) is 13.6 Å². The quantitative estimate of drug-likeness (QED) is 0.378. The average Bonchev–Trinajstić information content (AvgIpc) is 3.50. The van der Waals surface area contributed by atoms with Gasteiger partial charge in [-0.05, 0) is 58.3 Å². The molecule has 0 fully saturated rings. The van der Waals surface area contributed by atoms with Gasteiger partial charge in [-0.2, -0.15) is 0 Å². The number of rotatable bonds is 8. The van der Waals surface area contributed by atoms with E-state index >= 15 is 0 Å². The first-order valence-electron chi connectivity index (χ1n) is 11.2. The van der Waals surface area contributed by atoms with Gasteiger partial charge in [0.25, 0.3) is 0 Å². The van der Waals surface area contributed by atoms with Crippen LogP contribution < -0.4 is 18.9 Å². The van der Waals surface area contributed by atoms with Gasteiger partial charge in [0.15, 0.2) is 23.0 Å². The number of esters is 1. The lowest BCUT2D eigenvalue weighted by Gasteiger charge is -2.19. The zero-order valence-corrected chi connectivity index (χ0v) is 18.5. The Bertz CT molecular complexity index is 1200. The minimum atomic E-state index is -0.234. The molecule has 3 aromatic carbocycles. The Kier molecular flexibility index (Phi) is 5.96. The fourth-order valence-corrected chi connectivity index (χ4v) is 4.38. The zero-order valence-electron chi connectivity index (χ0n) is 18.5. The van der Waals surface area contributed by atoms with Crippen molar-refractivity contribution in [1.82, 2.24) is 0 Å². The van der Waals surface area contributed by atoms with E-state index in [9.17, 15) is 9.90 Å². The summed E-state index contributed by atoms with van der Waals surface area (Å²) < 4.78 is 28.0. The molecule has 7 nitrogen and oxygen atoms in total. The molecule has 172 valence electrons. The second-order valence-corrected chi connectivity index (χ2v) is 8.13. The second kappa shape index (κ2) is 9.19. The summed E-state index contributed by atoms with van der Waals surface area (Å²) >= 11 is 0. The Labute approximate surface area is 191 Å². The van der Waals surface area contributed by atoms with Gasteiger partial charge in [0.1, 0.15) is 6.61 Å². The normalized spacial score (nSPS) is 13.5. The van der Waals surface area contributed by atoms with Crippen molar-refractivity contribution in [2.45, 2.75) is 45.8 Å². The number of unbranched alkanes of at least 4 members (excludes halogenated alkanes) is 2. The van der Waals surface area contributed by atoms with Crippen LogP contribution in [-0.2, 0) is 22.7 Å². The van der Waals surface area contributed by atoms with Gasteiger partial charge in [-0.1, -0.05) is 31.9 Å². The first-order chi connectivity index (χ1) is 16.2. The van der Waals surface area contributed by atoms with E-state index in [0.29, 0.717) is 35.0 Å². The molecule has 0 aliphatic carbocycles. The van der Waals surface area contributed by atoms with Crippen molar-refractivity contribution in [3.05, 3.63) is 47.5 Å². The highest BCUT2D eigenvalue weighted by atomic mass is 16.7. The molecule has 0 aromatic heterocycles. The number of aliphatic hydroxyl groups excluding tert-OH is 1. The molecule has 0 atom stereocenters. The van der Waals surface area contributed by atoms with E-state index in [2.05, 4.69) is 6.92 Å². The Morgan fingerprint density at radius 3 is 2.61 bits per heavy atom. The molecule has 2 aliphatic heterocycles. The monoisotopic (exact) mass is 450 g/mol. The first kappa shape index (κ1) is 21.4. The third-order valence-electron chi connectivity index (χ3n) is 6.03. The van der Waals surface area contributed by atoms with E-state index in [4.69, 9.17) is 23.7 Å². The maximum atomic E-state index is 12.2. The van der Waals surface area contributed by atoms with Crippen molar-refractivity contribution in [3.8, 4) is 34.1 Å². The van der Waals surface area contributed by atoms with Crippen molar-refractivity contribution in [2.75, 3.05) is 13.6 Å². The maximum absolute atomic E-state index is 12.2. The van der Waals surface area contributed by atoms with Crippen molar-refractivity contribution < 1.29 is 33.6 Å². The number of fused-ring (bicyclic) bond motifs is 4. The molecule has 2 heterocycles. The van der Waals surface area contributed by atoms with Crippen molar-refractivity contribution >= 4 is 16.7 Å². The molecule has 2 aliphatic rings. The van der Waals surface area contributed by atoms with Gasteiger partial charge < -0.3 is 28.8 Å². The highest BCUT2D eigenvalue weighted by Crippen LogP contribution is 2.47. The summed E-state index contributed by atoms with van der Waals surface area (Å²) in [5, 5.41) is 12.2. The molecule has 1 N–H and O–H groups in total. The third-order valence-corrected chi connectivity index (χ3v) is 6.03. The molecule has 0 saturated heterocycles. The van der Waals surface area contributed by atoms with E-state index in [1.54, 1.807) is 0 Å². The van der Waals surface area contributed by atoms with Crippen molar-refractivity contribution in [1.29, 1.82) is 0 Å². The Balaban J connectivity index is 1.61. The van der Waals surface area contributed by atoms with Crippen LogP contribution in [0.3, 0.4) is 0 Å². The lowest BCUT2D eigenvalue weighted by Crippen LogP contribution is -2.07. The van der Waals surface area contributed by atoms with Crippen molar-refractivity contribution in [3.63, 3.8) is 0 Å². The molecular weight excluding hydrogens is 424 g/mol. The number of carbonyl (C=O) groups excluding carboxylic acids is 1. The number of hydrogen-bond donors (Lipinski definition) is 1. The summed E-state index contributed by atoms with van der Waals surface area (Å²) in [7, 11) is 0. The predicted octanol–water partition coefficient (Wildman–Crippen LogP) is 5.08. The van der Waals surface area contributed by atoms with E-state index in [0.717, 1.165) is 46.7 Å². The summed E-state index contributed by atoms with van der Waals surface area (Å²) in [5.74, 6) is 2.38. The summed E-state index contributed by atoms with van der Waals surface area (Å²) in [5.41, 5.74) is 3.06. The molecule has 0 amide bonds. The maximum Gasteiger partial charge on any atom is 0.306 e. The van der Waals surface area contributed by atoms with Crippen LogP contribution in [0, 0.1) is 0 Å². The lowest BCUT2D eigenvalue weighted by atomic mass is 9.89. The largest absolute Gasteiger partial charge is 0.461 e. The summed E-state index contributed by atoms with van der Waals surface area (Å²) in [6.07, 6.45) is 3.24. The third kappa shape index (κ3) is 4.04. The van der Waals surface area contributed by atoms with Crippen molar-refractivity contribution in [2.24, 2.45) is 0 Å².